The highest BCUT2D eigenvalue weighted by Crippen LogP contribution is 2.37. The lowest BCUT2D eigenvalue weighted by atomic mass is 10.2. The van der Waals surface area contributed by atoms with Crippen LogP contribution in [0.5, 0.6) is 5.75 Å². The van der Waals surface area contributed by atoms with E-state index >= 15 is 0 Å². The van der Waals surface area contributed by atoms with Crippen LogP contribution in [0.2, 0.25) is 5.02 Å². The van der Waals surface area contributed by atoms with Gasteiger partial charge in [0.2, 0.25) is 5.91 Å². The number of carbonyl (C=O) groups excluding carboxylic acids is 1. The van der Waals surface area contributed by atoms with Crippen LogP contribution in [-0.4, -0.2) is 28.0 Å². The van der Waals surface area contributed by atoms with Crippen molar-refractivity contribution >= 4 is 38.9 Å². The molecule has 0 atom stereocenters. The molecule has 3 aromatic carbocycles. The van der Waals surface area contributed by atoms with Crippen LogP contribution in [0, 0.1) is 6.92 Å². The minimum absolute atomic E-state index is 0.138. The van der Waals surface area contributed by atoms with Crippen molar-refractivity contribution in [2.75, 3.05) is 23.3 Å². The number of sulfonamides is 1. The maximum atomic E-state index is 13.7. The van der Waals surface area contributed by atoms with Crippen LogP contribution in [0.1, 0.15) is 16.7 Å². The molecule has 0 unspecified atom stereocenters. The van der Waals surface area contributed by atoms with Gasteiger partial charge in [0.1, 0.15) is 17.2 Å². The van der Waals surface area contributed by atoms with Gasteiger partial charge in [-0.15, -0.1) is 0 Å². The molecule has 0 bridgehead atoms. The average Bonchev–Trinajstić information content (AvgIpc) is 2.82. The molecule has 0 saturated carbocycles. The molecule has 3 aromatic rings. The predicted octanol–water partition coefficient (Wildman–Crippen LogP) is 6.53. The Morgan fingerprint density at radius 1 is 0.974 bits per heavy atom. The first-order valence-corrected chi connectivity index (χ1v) is 12.4. The summed E-state index contributed by atoms with van der Waals surface area (Å²) in [5.41, 5.74) is -2.83. The molecule has 3 rings (SSSR count). The van der Waals surface area contributed by atoms with E-state index in [0.717, 1.165) is 24.3 Å². The van der Waals surface area contributed by atoms with Crippen LogP contribution >= 0.6 is 11.6 Å². The SMILES string of the molecule is COc1ccc(C)cc1S(=O)(=O)N(CC(=O)Nc1ccc(Cl)c(C(F)(F)F)c1)c1cccc(C(F)(F)F)c1. The third kappa shape index (κ3) is 6.51. The van der Waals surface area contributed by atoms with E-state index in [-0.39, 0.29) is 11.4 Å². The smallest absolute Gasteiger partial charge is 0.417 e. The number of benzene rings is 3. The zero-order valence-corrected chi connectivity index (χ0v) is 21.2. The van der Waals surface area contributed by atoms with Gasteiger partial charge >= 0.3 is 12.4 Å². The van der Waals surface area contributed by atoms with Gasteiger partial charge in [-0.1, -0.05) is 23.7 Å². The van der Waals surface area contributed by atoms with Crippen molar-refractivity contribution in [2.45, 2.75) is 24.2 Å². The summed E-state index contributed by atoms with van der Waals surface area (Å²) in [7, 11) is -3.54. The van der Waals surface area contributed by atoms with Crippen molar-refractivity contribution in [3.63, 3.8) is 0 Å². The highest BCUT2D eigenvalue weighted by atomic mass is 35.5. The summed E-state index contributed by atoms with van der Waals surface area (Å²) in [4.78, 5) is 12.4. The maximum absolute atomic E-state index is 13.7. The molecular weight excluding hydrogens is 562 g/mol. The largest absolute Gasteiger partial charge is 0.495 e. The van der Waals surface area contributed by atoms with E-state index in [9.17, 15) is 39.6 Å². The molecule has 0 aliphatic heterocycles. The topological polar surface area (TPSA) is 75.7 Å². The molecule has 0 heterocycles. The molecule has 0 fully saturated rings. The molecular formula is C24H19ClF6N2O4S. The normalized spacial score (nSPS) is 12.2. The van der Waals surface area contributed by atoms with Gasteiger partial charge < -0.3 is 10.1 Å². The summed E-state index contributed by atoms with van der Waals surface area (Å²) >= 11 is 5.58. The van der Waals surface area contributed by atoms with Gasteiger partial charge in [-0.2, -0.15) is 26.3 Å². The summed E-state index contributed by atoms with van der Waals surface area (Å²) in [5.74, 6) is -1.27. The second kappa shape index (κ2) is 10.7. The summed E-state index contributed by atoms with van der Waals surface area (Å²) in [6.45, 7) is 0.489. The first kappa shape index (κ1) is 29.1. The molecule has 0 aliphatic carbocycles. The molecule has 204 valence electrons. The Morgan fingerprint density at radius 3 is 2.26 bits per heavy atom. The van der Waals surface area contributed by atoms with Crippen LogP contribution in [0.4, 0.5) is 37.7 Å². The van der Waals surface area contributed by atoms with Crippen LogP contribution in [0.25, 0.3) is 0 Å². The number of anilines is 2. The Morgan fingerprint density at radius 2 is 1.66 bits per heavy atom. The molecule has 0 aliphatic rings. The number of hydrogen-bond acceptors (Lipinski definition) is 4. The number of amides is 1. The first-order valence-electron chi connectivity index (χ1n) is 10.6. The average molecular weight is 581 g/mol. The van der Waals surface area contributed by atoms with Gasteiger partial charge in [-0.25, -0.2) is 8.42 Å². The summed E-state index contributed by atoms with van der Waals surface area (Å²) in [6, 6.07) is 9.84. The van der Waals surface area contributed by atoms with Crippen molar-refractivity contribution in [2.24, 2.45) is 0 Å². The summed E-state index contributed by atoms with van der Waals surface area (Å²) < 4.78 is 113. The number of ether oxygens (including phenoxy) is 1. The molecule has 0 radical (unpaired) electrons. The highest BCUT2D eigenvalue weighted by Gasteiger charge is 2.35. The lowest BCUT2D eigenvalue weighted by Crippen LogP contribution is -2.38. The Kier molecular flexibility index (Phi) is 8.22. The number of nitrogens with one attached hydrogen (secondary N) is 1. The van der Waals surface area contributed by atoms with Crippen molar-refractivity contribution in [3.05, 3.63) is 82.4 Å². The molecule has 1 amide bonds. The van der Waals surface area contributed by atoms with Gasteiger partial charge in [0.15, 0.2) is 0 Å². The first-order chi connectivity index (χ1) is 17.5. The fourth-order valence-corrected chi connectivity index (χ4v) is 5.29. The second-order valence-corrected chi connectivity index (χ2v) is 10.2. The molecule has 14 heteroatoms. The van der Waals surface area contributed by atoms with Gasteiger partial charge in [0.25, 0.3) is 10.0 Å². The van der Waals surface area contributed by atoms with Crippen molar-refractivity contribution in [1.82, 2.24) is 0 Å². The Bertz CT molecular complexity index is 1460. The number of methoxy groups -OCH3 is 1. The monoisotopic (exact) mass is 580 g/mol. The zero-order chi connectivity index (χ0) is 28.5. The maximum Gasteiger partial charge on any atom is 0.417 e. The lowest BCUT2D eigenvalue weighted by molar-refractivity contribution is -0.138. The standard InChI is InChI=1S/C24H19ClF6N2O4S/c1-14-6-9-20(37-2)21(10-14)38(35,36)33(17-5-3-4-15(11-17)23(26,27)28)13-22(34)32-16-7-8-19(25)18(12-16)24(29,30)31/h3-12H,13H2,1-2H3,(H,32,34). The predicted molar refractivity (Wildman–Crippen MR) is 129 cm³/mol. The van der Waals surface area contributed by atoms with E-state index < -0.39 is 61.6 Å². The Balaban J connectivity index is 2.08. The van der Waals surface area contributed by atoms with E-state index in [0.29, 0.717) is 28.1 Å². The number of nitrogens with zero attached hydrogens (tertiary/aromatic N) is 1. The molecule has 0 saturated heterocycles. The van der Waals surface area contributed by atoms with Gasteiger partial charge in [-0.3, -0.25) is 9.10 Å². The summed E-state index contributed by atoms with van der Waals surface area (Å²) in [5, 5.41) is 1.50. The van der Waals surface area contributed by atoms with Crippen LogP contribution < -0.4 is 14.4 Å². The van der Waals surface area contributed by atoms with Crippen LogP contribution in [0.3, 0.4) is 0 Å². The minimum Gasteiger partial charge on any atom is -0.495 e. The molecule has 38 heavy (non-hydrogen) atoms. The highest BCUT2D eigenvalue weighted by molar-refractivity contribution is 7.93. The van der Waals surface area contributed by atoms with E-state index in [2.05, 4.69) is 5.32 Å². The van der Waals surface area contributed by atoms with Crippen LogP contribution in [-0.2, 0) is 27.2 Å². The minimum atomic E-state index is -4.84. The Hall–Kier alpha value is -3.45. The number of hydrogen-bond donors (Lipinski definition) is 1. The fraction of sp³-hybridized carbons (Fsp3) is 0.208. The number of alkyl halides is 6. The van der Waals surface area contributed by atoms with Crippen molar-refractivity contribution in [3.8, 4) is 5.75 Å². The third-order valence-electron chi connectivity index (χ3n) is 5.19. The van der Waals surface area contributed by atoms with Gasteiger partial charge in [-0.05, 0) is 61.0 Å². The number of rotatable bonds is 7. The number of aryl methyl sites for hydroxylation is 1. The zero-order valence-electron chi connectivity index (χ0n) is 19.6. The van der Waals surface area contributed by atoms with Gasteiger partial charge in [0.05, 0.1) is 28.9 Å². The molecule has 1 N–H and O–H groups in total. The summed E-state index contributed by atoms with van der Waals surface area (Å²) in [6.07, 6.45) is -9.67. The van der Waals surface area contributed by atoms with E-state index in [1.54, 1.807) is 6.92 Å². The van der Waals surface area contributed by atoms with E-state index in [4.69, 9.17) is 16.3 Å². The quantitative estimate of drug-likeness (QED) is 0.323. The fourth-order valence-electron chi connectivity index (χ4n) is 3.41. The van der Waals surface area contributed by atoms with E-state index in [1.807, 2.05) is 0 Å². The lowest BCUT2D eigenvalue weighted by Gasteiger charge is -2.26. The molecule has 0 aromatic heterocycles. The van der Waals surface area contributed by atoms with Crippen LogP contribution in [0.15, 0.2) is 65.6 Å². The number of halogens is 7. The second-order valence-electron chi connectivity index (χ2n) is 7.95. The molecule has 0 spiro atoms. The van der Waals surface area contributed by atoms with Crippen molar-refractivity contribution in [1.29, 1.82) is 0 Å². The number of carbonyl (C=O) groups is 1. The van der Waals surface area contributed by atoms with Gasteiger partial charge in [0, 0.05) is 5.69 Å². The Labute approximate surface area is 218 Å². The third-order valence-corrected chi connectivity index (χ3v) is 7.32. The molecule has 6 nitrogen and oxygen atoms in total. The van der Waals surface area contributed by atoms with Crippen molar-refractivity contribution < 1.29 is 44.3 Å². The van der Waals surface area contributed by atoms with E-state index in [1.165, 1.54) is 25.3 Å².